The number of anilines is 1. The molecule has 5 nitrogen and oxygen atoms in total. The minimum atomic E-state index is -0.921. The molecule has 18 heavy (non-hydrogen) atoms. The first-order valence-corrected chi connectivity index (χ1v) is 6.03. The van der Waals surface area contributed by atoms with E-state index >= 15 is 0 Å². The van der Waals surface area contributed by atoms with E-state index in [9.17, 15) is 9.18 Å². The van der Waals surface area contributed by atoms with Crippen LogP contribution in [0.3, 0.4) is 0 Å². The summed E-state index contributed by atoms with van der Waals surface area (Å²) in [5.41, 5.74) is 5.02. The van der Waals surface area contributed by atoms with Gasteiger partial charge in [-0.05, 0) is 47.0 Å². The molecule has 7 heteroatoms. The first kappa shape index (κ1) is 12.8. The Hall–Kier alpha value is -1.63. The number of benzene rings is 1. The van der Waals surface area contributed by atoms with Crippen LogP contribution in [0.5, 0.6) is 0 Å². The van der Waals surface area contributed by atoms with Crippen molar-refractivity contribution < 1.29 is 14.4 Å². The molecule has 0 radical (unpaired) electrons. The maximum atomic E-state index is 13.0. The largest absolute Gasteiger partial charge is 0.409 e. The Balaban J connectivity index is 2.15. The first-order chi connectivity index (χ1) is 8.49. The van der Waals surface area contributed by atoms with Crippen molar-refractivity contribution in [3.8, 4) is 0 Å². The van der Waals surface area contributed by atoms with Crippen LogP contribution in [0.15, 0.2) is 27.8 Å². The number of amidine groups is 1. The molecule has 0 spiro atoms. The Morgan fingerprint density at radius 1 is 1.56 bits per heavy atom. The van der Waals surface area contributed by atoms with Crippen LogP contribution in [0.1, 0.15) is 12.8 Å². The summed E-state index contributed by atoms with van der Waals surface area (Å²) in [6.07, 6.45) is 1.08. The second-order valence-electron chi connectivity index (χ2n) is 4.15. The molecule has 4 N–H and O–H groups in total. The van der Waals surface area contributed by atoms with Gasteiger partial charge >= 0.3 is 0 Å². The third-order valence-electron chi connectivity index (χ3n) is 2.96. The molecule has 0 heterocycles. The van der Waals surface area contributed by atoms with Gasteiger partial charge in [0.05, 0.1) is 4.47 Å². The predicted molar refractivity (Wildman–Crippen MR) is 67.8 cm³/mol. The van der Waals surface area contributed by atoms with Crippen molar-refractivity contribution >= 4 is 33.4 Å². The van der Waals surface area contributed by atoms with Gasteiger partial charge in [0, 0.05) is 5.69 Å². The maximum Gasteiger partial charge on any atom is 0.238 e. The number of nitrogens with zero attached hydrogens (tertiary/aromatic N) is 1. The predicted octanol–water partition coefficient (Wildman–Crippen LogP) is 2.05. The van der Waals surface area contributed by atoms with Crippen molar-refractivity contribution in [3.05, 3.63) is 28.5 Å². The van der Waals surface area contributed by atoms with Crippen LogP contribution in [0.25, 0.3) is 0 Å². The molecule has 0 aliphatic heterocycles. The summed E-state index contributed by atoms with van der Waals surface area (Å²) in [6, 6.07) is 4.14. The fraction of sp³-hybridized carbons (Fsp3) is 0.273. The highest BCUT2D eigenvalue weighted by Gasteiger charge is 2.54. The summed E-state index contributed by atoms with van der Waals surface area (Å²) in [7, 11) is 0. The Morgan fingerprint density at radius 2 is 2.22 bits per heavy atom. The minimum Gasteiger partial charge on any atom is -0.409 e. The number of amides is 1. The van der Waals surface area contributed by atoms with Crippen molar-refractivity contribution in [2.45, 2.75) is 12.8 Å². The van der Waals surface area contributed by atoms with E-state index in [0.717, 1.165) is 0 Å². The monoisotopic (exact) mass is 315 g/mol. The summed E-state index contributed by atoms with van der Waals surface area (Å²) in [6.45, 7) is 0. The zero-order chi connectivity index (χ0) is 13.3. The zero-order valence-electron chi connectivity index (χ0n) is 9.28. The van der Waals surface area contributed by atoms with Gasteiger partial charge in [0.15, 0.2) is 5.84 Å². The van der Waals surface area contributed by atoms with E-state index < -0.39 is 11.2 Å². The Morgan fingerprint density at radius 3 is 2.72 bits per heavy atom. The summed E-state index contributed by atoms with van der Waals surface area (Å²) in [5.74, 6) is -0.858. The van der Waals surface area contributed by atoms with E-state index in [4.69, 9.17) is 10.9 Å². The molecule has 1 amide bonds. The SMILES string of the molecule is N/C(=N/O)C1(C(=O)Nc2ccc(F)c(Br)c2)CC1. The fourth-order valence-electron chi connectivity index (χ4n) is 1.64. The molecule has 0 atom stereocenters. The van der Waals surface area contributed by atoms with Crippen LogP contribution in [0.2, 0.25) is 0 Å². The normalized spacial score (nSPS) is 17.3. The van der Waals surface area contributed by atoms with Crippen molar-refractivity contribution in [2.24, 2.45) is 16.3 Å². The molecule has 0 aromatic heterocycles. The number of rotatable bonds is 3. The molecule has 1 aliphatic carbocycles. The second-order valence-corrected chi connectivity index (χ2v) is 5.00. The first-order valence-electron chi connectivity index (χ1n) is 5.24. The lowest BCUT2D eigenvalue weighted by molar-refractivity contribution is -0.119. The zero-order valence-corrected chi connectivity index (χ0v) is 10.9. The average molecular weight is 316 g/mol. The number of hydrogen-bond donors (Lipinski definition) is 3. The number of hydrogen-bond acceptors (Lipinski definition) is 3. The maximum absolute atomic E-state index is 13.0. The molecule has 96 valence electrons. The van der Waals surface area contributed by atoms with Gasteiger partial charge in [0.2, 0.25) is 5.91 Å². The van der Waals surface area contributed by atoms with Crippen molar-refractivity contribution in [1.29, 1.82) is 0 Å². The van der Waals surface area contributed by atoms with Gasteiger partial charge in [-0.3, -0.25) is 4.79 Å². The van der Waals surface area contributed by atoms with E-state index in [1.807, 2.05) is 0 Å². The molecular formula is C11H11BrFN3O2. The summed E-state index contributed by atoms with van der Waals surface area (Å²) < 4.78 is 13.3. The van der Waals surface area contributed by atoms with Gasteiger partial charge in [-0.15, -0.1) is 0 Å². The van der Waals surface area contributed by atoms with Gasteiger partial charge in [0.25, 0.3) is 0 Å². The minimum absolute atomic E-state index is 0.0961. The Kier molecular flexibility index (Phi) is 3.25. The molecule has 0 bridgehead atoms. The molecule has 0 unspecified atom stereocenters. The van der Waals surface area contributed by atoms with Crippen molar-refractivity contribution in [3.63, 3.8) is 0 Å². The molecule has 1 saturated carbocycles. The smallest absolute Gasteiger partial charge is 0.238 e. The van der Waals surface area contributed by atoms with Crippen LogP contribution in [0, 0.1) is 11.2 Å². The fourth-order valence-corrected chi connectivity index (χ4v) is 2.02. The third-order valence-corrected chi connectivity index (χ3v) is 3.57. The summed E-state index contributed by atoms with van der Waals surface area (Å²) in [4.78, 5) is 12.0. The quantitative estimate of drug-likeness (QED) is 0.345. The van der Waals surface area contributed by atoms with E-state index in [1.165, 1.54) is 18.2 Å². The van der Waals surface area contributed by atoms with Crippen LogP contribution in [-0.2, 0) is 4.79 Å². The average Bonchev–Trinajstić information content (AvgIpc) is 3.14. The van der Waals surface area contributed by atoms with Gasteiger partial charge in [0.1, 0.15) is 11.2 Å². The molecule has 1 aromatic rings. The van der Waals surface area contributed by atoms with Crippen molar-refractivity contribution in [1.82, 2.24) is 0 Å². The topological polar surface area (TPSA) is 87.7 Å². The van der Waals surface area contributed by atoms with Crippen LogP contribution in [0.4, 0.5) is 10.1 Å². The van der Waals surface area contributed by atoms with Crippen LogP contribution < -0.4 is 11.1 Å². The Bertz CT molecular complexity index is 529. The van der Waals surface area contributed by atoms with Crippen molar-refractivity contribution in [2.75, 3.05) is 5.32 Å². The van der Waals surface area contributed by atoms with Crippen LogP contribution in [-0.4, -0.2) is 17.0 Å². The lowest BCUT2D eigenvalue weighted by atomic mass is 10.1. The van der Waals surface area contributed by atoms with Gasteiger partial charge in [-0.25, -0.2) is 4.39 Å². The highest BCUT2D eigenvalue weighted by molar-refractivity contribution is 9.10. The Labute approximate surface area is 111 Å². The van der Waals surface area contributed by atoms with E-state index in [1.54, 1.807) is 0 Å². The molecule has 2 rings (SSSR count). The number of halogens is 2. The lowest BCUT2D eigenvalue weighted by Gasteiger charge is -2.13. The van der Waals surface area contributed by atoms with Gasteiger partial charge in [-0.2, -0.15) is 0 Å². The third kappa shape index (κ3) is 2.17. The highest BCUT2D eigenvalue weighted by Crippen LogP contribution is 2.46. The molecule has 1 fully saturated rings. The number of carbonyl (C=O) groups is 1. The lowest BCUT2D eigenvalue weighted by Crippen LogP contribution is -2.36. The van der Waals surface area contributed by atoms with E-state index in [-0.39, 0.29) is 16.2 Å². The molecule has 1 aromatic carbocycles. The number of carbonyl (C=O) groups excluding carboxylic acids is 1. The molecule has 0 saturated heterocycles. The summed E-state index contributed by atoms with van der Waals surface area (Å²) >= 11 is 3.03. The number of nitrogens with two attached hydrogens (primary N) is 1. The number of oxime groups is 1. The standard InChI is InChI=1S/C11H11BrFN3O2/c12-7-5-6(1-2-8(7)13)15-10(17)11(3-4-11)9(14)16-18/h1-2,5,18H,3-4H2,(H2,14,16)(H,15,17). The second kappa shape index (κ2) is 4.56. The highest BCUT2D eigenvalue weighted by atomic mass is 79.9. The number of nitrogens with one attached hydrogen (secondary N) is 1. The van der Waals surface area contributed by atoms with Crippen LogP contribution >= 0.6 is 15.9 Å². The van der Waals surface area contributed by atoms with Gasteiger partial charge < -0.3 is 16.3 Å². The van der Waals surface area contributed by atoms with Gasteiger partial charge in [-0.1, -0.05) is 5.16 Å². The van der Waals surface area contributed by atoms with E-state index in [0.29, 0.717) is 18.5 Å². The molecular weight excluding hydrogens is 305 g/mol. The van der Waals surface area contributed by atoms with E-state index in [2.05, 4.69) is 26.4 Å². The summed E-state index contributed by atoms with van der Waals surface area (Å²) in [5, 5.41) is 14.1. The molecule has 1 aliphatic rings.